The van der Waals surface area contributed by atoms with Gasteiger partial charge in [-0.15, -0.1) is 12.4 Å². The predicted molar refractivity (Wildman–Crippen MR) is 248 cm³/mol. The summed E-state index contributed by atoms with van der Waals surface area (Å²) in [5, 5.41) is 15.0. The Morgan fingerprint density at radius 3 is 1.51 bits per heavy atom. The van der Waals surface area contributed by atoms with Crippen molar-refractivity contribution in [2.45, 2.75) is 78.4 Å². The lowest BCUT2D eigenvalue weighted by Crippen LogP contribution is -2.43. The van der Waals surface area contributed by atoms with Crippen molar-refractivity contribution in [2.24, 2.45) is 0 Å². The second-order valence-corrected chi connectivity index (χ2v) is 21.6. The molecule has 61 heavy (non-hydrogen) atoms. The molecule has 0 bridgehead atoms. The van der Waals surface area contributed by atoms with Crippen LogP contribution in [0.15, 0.2) is 73.3 Å². The summed E-state index contributed by atoms with van der Waals surface area (Å²) in [6.45, 7) is 23.0. The number of hydrogen-bond donors (Lipinski definition) is 3. The van der Waals surface area contributed by atoms with E-state index in [1.54, 1.807) is 23.2 Å². The third kappa shape index (κ3) is 15.3. The van der Waals surface area contributed by atoms with Crippen molar-refractivity contribution in [3.05, 3.63) is 84.4 Å². The van der Waals surface area contributed by atoms with E-state index in [1.807, 2.05) is 55.4 Å². The molecule has 3 aliphatic rings. The zero-order valence-electron chi connectivity index (χ0n) is 36.9. The molecule has 15 nitrogen and oxygen atoms in total. The molecule has 4 aromatic rings. The average Bonchev–Trinajstić information content (AvgIpc) is 3.59. The highest BCUT2D eigenvalue weighted by Gasteiger charge is 2.39. The molecule has 17 heteroatoms. The van der Waals surface area contributed by atoms with Crippen molar-refractivity contribution in [1.82, 2.24) is 29.7 Å². The number of aromatic hydroxyl groups is 1. The lowest BCUT2D eigenvalue weighted by atomic mass is 10.2. The lowest BCUT2D eigenvalue weighted by Gasteiger charge is -2.36. The number of rotatable bonds is 6. The van der Waals surface area contributed by atoms with Crippen LogP contribution in [-0.4, -0.2) is 121 Å². The minimum atomic E-state index is -1.91. The monoisotopic (exact) mass is 876 g/mol. The number of aromatic nitrogens is 4. The molecule has 3 saturated heterocycles. The number of pyridine rings is 4. The molecule has 4 amide bonds. The van der Waals surface area contributed by atoms with Gasteiger partial charge in [-0.1, -0.05) is 32.9 Å². The molecule has 4 aromatic heterocycles. The number of ether oxygens (including phenoxy) is 1. The van der Waals surface area contributed by atoms with Crippen LogP contribution in [0.1, 0.15) is 57.6 Å². The molecule has 7 rings (SSSR count). The molecule has 0 aliphatic carbocycles. The molecule has 3 aliphatic heterocycles. The Hall–Kier alpha value is -5.19. The highest BCUT2D eigenvalue weighted by molar-refractivity contribution is 6.74. The van der Waals surface area contributed by atoms with Crippen LogP contribution < -0.4 is 24.9 Å². The third-order valence-corrected chi connectivity index (χ3v) is 15.3. The molecule has 3 N–H and O–H groups in total. The van der Waals surface area contributed by atoms with E-state index in [4.69, 9.17) is 9.16 Å². The largest absolute Gasteiger partial charge is 0.542 e. The number of halogens is 1. The number of carbonyl (C=O) groups excluding carboxylic acids is 2. The Kier molecular flexibility index (Phi) is 18.4. The summed E-state index contributed by atoms with van der Waals surface area (Å²) < 4.78 is 11.2. The number of anilines is 4. The fraction of sp³-hybridized carbons (Fsp3) is 0.500. The first-order valence-corrected chi connectivity index (χ1v) is 23.9. The van der Waals surface area contributed by atoms with Crippen LogP contribution in [0.5, 0.6) is 11.5 Å². The van der Waals surface area contributed by atoms with Gasteiger partial charge in [0, 0.05) is 78.0 Å². The van der Waals surface area contributed by atoms with Crippen LogP contribution in [0.4, 0.5) is 32.9 Å². The second-order valence-electron chi connectivity index (χ2n) is 16.9. The van der Waals surface area contributed by atoms with Crippen molar-refractivity contribution >= 4 is 56.1 Å². The van der Waals surface area contributed by atoms with Crippen LogP contribution in [0.25, 0.3) is 0 Å². The normalized spacial score (nSPS) is 15.7. The fourth-order valence-electron chi connectivity index (χ4n) is 6.30. The molecular formula is C44H65ClN10O5Si. The average molecular weight is 878 g/mol. The van der Waals surface area contributed by atoms with Crippen molar-refractivity contribution < 1.29 is 23.9 Å². The summed E-state index contributed by atoms with van der Waals surface area (Å²) in [7, 11) is -1.91. The van der Waals surface area contributed by atoms with Crippen molar-refractivity contribution in [3.8, 4) is 11.5 Å². The topological polar surface area (TPSA) is 161 Å². The maximum absolute atomic E-state index is 12.8. The maximum Gasteiger partial charge on any atom is 0.323 e. The molecule has 0 saturated carbocycles. The smallest absolute Gasteiger partial charge is 0.323 e. The minimum Gasteiger partial charge on any atom is -0.542 e. The number of nitrogens with zero attached hydrogens (tertiary/aromatic N) is 8. The van der Waals surface area contributed by atoms with Gasteiger partial charge in [-0.05, 0) is 105 Å². The van der Waals surface area contributed by atoms with E-state index < -0.39 is 8.32 Å². The van der Waals surface area contributed by atoms with Crippen LogP contribution >= 0.6 is 12.4 Å². The van der Waals surface area contributed by atoms with Crippen molar-refractivity contribution in [3.63, 3.8) is 0 Å². The van der Waals surface area contributed by atoms with E-state index >= 15 is 0 Å². The summed E-state index contributed by atoms with van der Waals surface area (Å²) in [5.74, 6) is 3.70. The summed E-state index contributed by atoms with van der Waals surface area (Å²) in [6, 6.07) is 14.7. The van der Waals surface area contributed by atoms with Crippen LogP contribution in [0.2, 0.25) is 18.1 Å². The molecule has 332 valence electrons. The molecule has 0 spiro atoms. The number of aryl methyl sites for hydroxylation is 2. The van der Waals surface area contributed by atoms with E-state index in [9.17, 15) is 14.7 Å². The lowest BCUT2D eigenvalue weighted by molar-refractivity contribution is 0.198. The van der Waals surface area contributed by atoms with Gasteiger partial charge in [-0.25, -0.2) is 29.5 Å². The van der Waals surface area contributed by atoms with Gasteiger partial charge in [-0.2, -0.15) is 0 Å². The van der Waals surface area contributed by atoms with Gasteiger partial charge < -0.3 is 33.9 Å². The highest BCUT2D eigenvalue weighted by atomic mass is 35.5. The van der Waals surface area contributed by atoms with E-state index in [0.29, 0.717) is 37.8 Å². The summed E-state index contributed by atoms with van der Waals surface area (Å²) in [4.78, 5) is 50.5. The maximum atomic E-state index is 12.8. The van der Waals surface area contributed by atoms with Gasteiger partial charge in [0.25, 0.3) is 8.32 Å². The molecule has 0 aromatic carbocycles. The molecule has 0 atom stereocenters. The Bertz CT molecular complexity index is 1920. The Morgan fingerprint density at radius 1 is 0.639 bits per heavy atom. The minimum absolute atomic E-state index is 0. The van der Waals surface area contributed by atoms with Gasteiger partial charge >= 0.3 is 12.1 Å². The number of carbonyl (C=O) groups is 2. The quantitative estimate of drug-likeness (QED) is 0.160. The Balaban J connectivity index is 0.000000242. The van der Waals surface area contributed by atoms with Crippen LogP contribution in [0.3, 0.4) is 0 Å². The van der Waals surface area contributed by atoms with Crippen LogP contribution in [0, 0.1) is 13.8 Å². The molecule has 0 radical (unpaired) electrons. The van der Waals surface area contributed by atoms with Gasteiger partial charge in [0.15, 0.2) is 0 Å². The first-order valence-electron chi connectivity index (χ1n) is 21.0. The number of amides is 4. The summed E-state index contributed by atoms with van der Waals surface area (Å²) >= 11 is 0. The molecule has 3 fully saturated rings. The first kappa shape index (κ1) is 48.5. The summed E-state index contributed by atoms with van der Waals surface area (Å²) in [5.41, 5.74) is 2.28. The van der Waals surface area contributed by atoms with E-state index in [-0.39, 0.29) is 35.3 Å². The third-order valence-electron chi connectivity index (χ3n) is 11.0. The number of urea groups is 2. The summed E-state index contributed by atoms with van der Waals surface area (Å²) in [6.07, 6.45) is 11.1. The molecular weight excluding hydrogens is 812 g/mol. The predicted octanol–water partition coefficient (Wildman–Crippen LogP) is 8.37. The zero-order chi connectivity index (χ0) is 43.1. The van der Waals surface area contributed by atoms with E-state index in [2.05, 4.69) is 80.3 Å². The van der Waals surface area contributed by atoms with Crippen molar-refractivity contribution in [1.29, 1.82) is 0 Å². The molecule has 0 unspecified atom stereocenters. The SMILES string of the molecule is C1CCOC1.Cc1ccc(N2CCCN(C(=O)Nc3ccc(O)cn3)CC2)nc1.Cc1ccc(N2CCCN(C(=O)Nc3ccc(O[Si](C)(C)C(C)(C)C)cn3)CC2)nc1.Cl. The standard InChI is InChI=1S/C23H35N5O2Si.C17H21N5O2.C4H8O.ClH/c1-18-8-11-21(25-16-18)27-12-7-13-28(15-14-27)22(29)26-20-10-9-19(17-24-20)30-31(5,6)23(2,3)4;1-13-3-6-16(19-11-13)21-7-2-8-22(10-9-21)17(24)20-15-5-4-14(23)12-18-15;1-2-4-5-3-1;/h8-11,16-17H,7,12-15H2,1-6H3,(H,24,26,29);3-6,11-12,23H,2,7-10H2,1H3,(H,18,20,24);1-4H2;1H. The van der Waals surface area contributed by atoms with E-state index in [0.717, 1.165) is 80.7 Å². The number of hydrogen-bond acceptors (Lipinski definition) is 11. The molecule has 7 heterocycles. The second kappa shape index (κ2) is 23.1. The first-order chi connectivity index (χ1) is 28.7. The Labute approximate surface area is 368 Å². The van der Waals surface area contributed by atoms with Gasteiger partial charge in [0.05, 0.1) is 12.4 Å². The van der Waals surface area contributed by atoms with Gasteiger partial charge in [0.2, 0.25) is 0 Å². The van der Waals surface area contributed by atoms with Crippen molar-refractivity contribution in [2.75, 3.05) is 86.0 Å². The fourth-order valence-corrected chi connectivity index (χ4v) is 7.32. The zero-order valence-corrected chi connectivity index (χ0v) is 38.7. The van der Waals surface area contributed by atoms with E-state index in [1.165, 1.54) is 25.1 Å². The van der Waals surface area contributed by atoms with Crippen LogP contribution in [-0.2, 0) is 4.74 Å². The highest BCUT2D eigenvalue weighted by Crippen LogP contribution is 2.37. The van der Waals surface area contributed by atoms with Gasteiger partial charge in [-0.3, -0.25) is 10.6 Å². The Morgan fingerprint density at radius 2 is 1.13 bits per heavy atom. The number of nitrogens with one attached hydrogen (secondary N) is 2. The van der Waals surface area contributed by atoms with Gasteiger partial charge in [0.1, 0.15) is 34.8 Å².